The predicted molar refractivity (Wildman–Crippen MR) is 70.3 cm³/mol. The summed E-state index contributed by atoms with van der Waals surface area (Å²) in [5.41, 5.74) is 1.97. The van der Waals surface area contributed by atoms with E-state index in [9.17, 15) is 9.90 Å². The summed E-state index contributed by atoms with van der Waals surface area (Å²) in [6.45, 7) is 8.12. The molecule has 0 aromatic heterocycles. The molecule has 3 heteroatoms. The zero-order valence-corrected chi connectivity index (χ0v) is 10.9. The van der Waals surface area contributed by atoms with Crippen molar-refractivity contribution < 1.29 is 9.90 Å². The Hall–Kier alpha value is -1.51. The molecular formula is C14H21NO2. The molecule has 1 atom stereocenters. The fourth-order valence-electron chi connectivity index (χ4n) is 1.75. The summed E-state index contributed by atoms with van der Waals surface area (Å²) in [6, 6.07) is 7.22. The summed E-state index contributed by atoms with van der Waals surface area (Å²) in [5.74, 6) is -0.804. The van der Waals surface area contributed by atoms with Gasteiger partial charge in [0.25, 0.3) is 0 Å². The molecule has 0 aliphatic heterocycles. The van der Waals surface area contributed by atoms with Gasteiger partial charge in [-0.2, -0.15) is 0 Å². The van der Waals surface area contributed by atoms with Gasteiger partial charge in [-0.05, 0) is 36.5 Å². The molecule has 0 spiro atoms. The van der Waals surface area contributed by atoms with E-state index in [4.69, 9.17) is 0 Å². The number of hydrogen-bond acceptors (Lipinski definition) is 2. The molecule has 1 aromatic carbocycles. The molecule has 0 radical (unpaired) electrons. The Morgan fingerprint density at radius 3 is 2.53 bits per heavy atom. The molecule has 0 fully saturated rings. The van der Waals surface area contributed by atoms with Crippen molar-refractivity contribution in [2.24, 2.45) is 5.41 Å². The van der Waals surface area contributed by atoms with Gasteiger partial charge in [0, 0.05) is 5.69 Å². The molecule has 0 bridgehead atoms. The second-order valence-electron chi connectivity index (χ2n) is 5.67. The number of hydrogen-bond donors (Lipinski definition) is 2. The van der Waals surface area contributed by atoms with Gasteiger partial charge in [-0.25, -0.2) is 4.79 Å². The average molecular weight is 235 g/mol. The number of aryl methyl sites for hydroxylation is 1. The smallest absolute Gasteiger partial charge is 0.326 e. The van der Waals surface area contributed by atoms with Crippen molar-refractivity contribution in [1.82, 2.24) is 0 Å². The van der Waals surface area contributed by atoms with Crippen LogP contribution < -0.4 is 5.32 Å². The van der Waals surface area contributed by atoms with Crippen LogP contribution in [0.5, 0.6) is 0 Å². The first-order valence-electron chi connectivity index (χ1n) is 5.84. The van der Waals surface area contributed by atoms with Crippen molar-refractivity contribution in [3.05, 3.63) is 29.8 Å². The SMILES string of the molecule is Cc1cccc(NC(CC(C)(C)C)C(=O)O)c1. The molecule has 1 unspecified atom stereocenters. The fraction of sp³-hybridized carbons (Fsp3) is 0.500. The summed E-state index contributed by atoms with van der Waals surface area (Å²) < 4.78 is 0. The maximum absolute atomic E-state index is 11.2. The van der Waals surface area contributed by atoms with Gasteiger partial charge >= 0.3 is 5.97 Å². The van der Waals surface area contributed by atoms with E-state index in [1.807, 2.05) is 52.0 Å². The van der Waals surface area contributed by atoms with E-state index in [2.05, 4.69) is 5.32 Å². The lowest BCUT2D eigenvalue weighted by molar-refractivity contribution is -0.138. The van der Waals surface area contributed by atoms with Crippen molar-refractivity contribution in [3.8, 4) is 0 Å². The molecule has 17 heavy (non-hydrogen) atoms. The van der Waals surface area contributed by atoms with Gasteiger partial charge in [-0.1, -0.05) is 32.9 Å². The highest BCUT2D eigenvalue weighted by molar-refractivity contribution is 5.77. The zero-order valence-electron chi connectivity index (χ0n) is 10.9. The van der Waals surface area contributed by atoms with E-state index in [0.29, 0.717) is 6.42 Å². The summed E-state index contributed by atoms with van der Waals surface area (Å²) >= 11 is 0. The van der Waals surface area contributed by atoms with Gasteiger partial charge in [0.1, 0.15) is 6.04 Å². The Kier molecular flexibility index (Phi) is 4.16. The molecule has 0 saturated carbocycles. The van der Waals surface area contributed by atoms with Crippen LogP contribution >= 0.6 is 0 Å². The number of carbonyl (C=O) groups is 1. The van der Waals surface area contributed by atoms with Gasteiger partial charge in [0.05, 0.1) is 0 Å². The van der Waals surface area contributed by atoms with E-state index in [0.717, 1.165) is 11.3 Å². The molecule has 0 heterocycles. The maximum Gasteiger partial charge on any atom is 0.326 e. The average Bonchev–Trinajstić information content (AvgIpc) is 2.14. The van der Waals surface area contributed by atoms with Crippen LogP contribution in [0.1, 0.15) is 32.8 Å². The lowest BCUT2D eigenvalue weighted by Gasteiger charge is -2.24. The molecule has 0 amide bonds. The Bertz CT molecular complexity index is 393. The molecule has 94 valence electrons. The van der Waals surface area contributed by atoms with Crippen LogP contribution in [0.25, 0.3) is 0 Å². The standard InChI is InChI=1S/C14H21NO2/c1-10-6-5-7-11(8-10)15-12(13(16)17)9-14(2,3)4/h5-8,12,15H,9H2,1-4H3,(H,16,17). The topological polar surface area (TPSA) is 49.3 Å². The Morgan fingerprint density at radius 1 is 1.41 bits per heavy atom. The van der Waals surface area contributed by atoms with Gasteiger partial charge in [-0.15, -0.1) is 0 Å². The van der Waals surface area contributed by atoms with Gasteiger partial charge in [0.15, 0.2) is 0 Å². The van der Waals surface area contributed by atoms with Crippen LogP contribution in [0.3, 0.4) is 0 Å². The Labute approximate surface area is 103 Å². The molecule has 1 aromatic rings. The van der Waals surface area contributed by atoms with Crippen LogP contribution in [0.15, 0.2) is 24.3 Å². The summed E-state index contributed by atoms with van der Waals surface area (Å²) in [4.78, 5) is 11.2. The fourth-order valence-corrected chi connectivity index (χ4v) is 1.75. The van der Waals surface area contributed by atoms with Crippen molar-refractivity contribution in [2.75, 3.05) is 5.32 Å². The highest BCUT2D eigenvalue weighted by Crippen LogP contribution is 2.23. The Morgan fingerprint density at radius 2 is 2.06 bits per heavy atom. The van der Waals surface area contributed by atoms with E-state index in [1.54, 1.807) is 0 Å². The lowest BCUT2D eigenvalue weighted by atomic mass is 9.88. The third kappa shape index (κ3) is 4.89. The number of aliphatic carboxylic acids is 1. The van der Waals surface area contributed by atoms with Crippen molar-refractivity contribution in [2.45, 2.75) is 40.2 Å². The molecule has 0 saturated heterocycles. The first kappa shape index (κ1) is 13.6. The molecule has 3 nitrogen and oxygen atoms in total. The third-order valence-corrected chi connectivity index (χ3v) is 2.47. The highest BCUT2D eigenvalue weighted by Gasteiger charge is 2.24. The second kappa shape index (κ2) is 5.21. The largest absolute Gasteiger partial charge is 0.480 e. The third-order valence-electron chi connectivity index (χ3n) is 2.47. The van der Waals surface area contributed by atoms with Crippen LogP contribution in [0.2, 0.25) is 0 Å². The number of nitrogens with one attached hydrogen (secondary N) is 1. The summed E-state index contributed by atoms with van der Waals surface area (Å²) in [6.07, 6.45) is 0.594. The highest BCUT2D eigenvalue weighted by atomic mass is 16.4. The van der Waals surface area contributed by atoms with Gasteiger partial charge in [0.2, 0.25) is 0 Å². The number of anilines is 1. The number of benzene rings is 1. The van der Waals surface area contributed by atoms with E-state index in [-0.39, 0.29) is 5.41 Å². The summed E-state index contributed by atoms with van der Waals surface area (Å²) in [7, 11) is 0. The molecular weight excluding hydrogens is 214 g/mol. The van der Waals surface area contributed by atoms with Crippen LogP contribution in [0, 0.1) is 12.3 Å². The number of rotatable bonds is 4. The van der Waals surface area contributed by atoms with Crippen LogP contribution in [-0.4, -0.2) is 17.1 Å². The lowest BCUT2D eigenvalue weighted by Crippen LogP contribution is -2.33. The van der Waals surface area contributed by atoms with Gasteiger partial charge in [-0.3, -0.25) is 0 Å². The second-order valence-corrected chi connectivity index (χ2v) is 5.67. The Balaban J connectivity index is 2.77. The van der Waals surface area contributed by atoms with Crippen molar-refractivity contribution in [3.63, 3.8) is 0 Å². The van der Waals surface area contributed by atoms with Gasteiger partial charge < -0.3 is 10.4 Å². The van der Waals surface area contributed by atoms with Crippen molar-refractivity contribution >= 4 is 11.7 Å². The van der Waals surface area contributed by atoms with E-state index in [1.165, 1.54) is 0 Å². The molecule has 0 aliphatic carbocycles. The first-order valence-corrected chi connectivity index (χ1v) is 5.84. The summed E-state index contributed by atoms with van der Waals surface area (Å²) in [5, 5.41) is 12.3. The minimum atomic E-state index is -0.804. The zero-order chi connectivity index (χ0) is 13.1. The number of carboxylic acid groups (broad SMARTS) is 1. The normalized spacial score (nSPS) is 13.2. The number of carboxylic acids is 1. The molecule has 0 aliphatic rings. The quantitative estimate of drug-likeness (QED) is 0.841. The molecule has 2 N–H and O–H groups in total. The van der Waals surface area contributed by atoms with E-state index >= 15 is 0 Å². The monoisotopic (exact) mass is 235 g/mol. The first-order chi connectivity index (χ1) is 7.78. The van der Waals surface area contributed by atoms with Crippen LogP contribution in [0.4, 0.5) is 5.69 Å². The van der Waals surface area contributed by atoms with Crippen molar-refractivity contribution in [1.29, 1.82) is 0 Å². The maximum atomic E-state index is 11.2. The molecule has 1 rings (SSSR count). The van der Waals surface area contributed by atoms with Crippen LogP contribution in [-0.2, 0) is 4.79 Å². The van der Waals surface area contributed by atoms with E-state index < -0.39 is 12.0 Å². The predicted octanol–water partition coefficient (Wildman–Crippen LogP) is 3.30. The minimum Gasteiger partial charge on any atom is -0.480 e. The minimum absolute atomic E-state index is 0.0140.